The summed E-state index contributed by atoms with van der Waals surface area (Å²) in [6.07, 6.45) is 18.8. The fraction of sp³-hybridized carbons (Fsp3) is 0.259. The van der Waals surface area contributed by atoms with Crippen molar-refractivity contribution in [1.82, 2.24) is 28.7 Å². The Bertz CT molecular complexity index is 3620. The number of rotatable bonds is 18. The Balaban J connectivity index is 0.000000217. The van der Waals surface area contributed by atoms with E-state index in [9.17, 15) is 25.3 Å². The number of carbonyl (C=O) groups is 4. The number of sulfonamides is 3. The van der Waals surface area contributed by atoms with Gasteiger partial charge in [-0.15, -0.1) is 34.0 Å². The minimum atomic E-state index is -3.74. The molecule has 0 spiro atoms. The normalized spacial score (nSPS) is 11.4. The highest BCUT2D eigenvalue weighted by Crippen LogP contribution is 2.38. The molecule has 0 unspecified atom stereocenters. The summed E-state index contributed by atoms with van der Waals surface area (Å²) in [5, 5.41) is 45.9. The number of aliphatic carboxylic acids is 4. The van der Waals surface area contributed by atoms with E-state index in [2.05, 4.69) is 56.5 Å². The molecule has 0 saturated heterocycles. The highest BCUT2D eigenvalue weighted by Gasteiger charge is 2.23. The lowest BCUT2D eigenvalue weighted by Crippen LogP contribution is -2.11. The monoisotopic (exact) mass is 1310 g/mol. The van der Waals surface area contributed by atoms with Crippen LogP contribution < -0.4 is 15.4 Å². The summed E-state index contributed by atoms with van der Waals surface area (Å²) < 4.78 is 78.6. The van der Waals surface area contributed by atoms with Crippen molar-refractivity contribution >= 4 is 88.0 Å². The average molecular weight is 1310 g/mol. The fourth-order valence-corrected chi connectivity index (χ4v) is 15.3. The number of aromatic nitrogens is 6. The summed E-state index contributed by atoms with van der Waals surface area (Å²) in [6.45, 7) is 14.9. The number of carboxylic acid groups (broad SMARTS) is 4. The van der Waals surface area contributed by atoms with E-state index in [0.29, 0.717) is 34.4 Å². The molecule has 0 bridgehead atoms. The molecule has 87 heavy (non-hydrogen) atoms. The van der Waals surface area contributed by atoms with Crippen molar-refractivity contribution in [3.8, 4) is 33.4 Å². The Labute approximate surface area is 516 Å². The molecule has 9 aromatic rings. The molecule has 0 aliphatic heterocycles. The topological polar surface area (TPSA) is 383 Å². The number of carboxylic acids is 4. The molecule has 0 saturated carbocycles. The van der Waals surface area contributed by atoms with Gasteiger partial charge in [-0.3, -0.25) is 0 Å². The van der Waals surface area contributed by atoms with Crippen molar-refractivity contribution in [2.24, 2.45) is 33.2 Å². The van der Waals surface area contributed by atoms with Crippen LogP contribution in [0.25, 0.3) is 33.4 Å². The van der Waals surface area contributed by atoms with Crippen LogP contribution in [0.1, 0.15) is 72.9 Å². The first-order valence-corrected chi connectivity index (χ1v) is 33.4. The predicted octanol–water partition coefficient (Wildman–Crippen LogP) is 8.83. The van der Waals surface area contributed by atoms with Gasteiger partial charge in [0, 0.05) is 88.1 Å². The Kier molecular flexibility index (Phi) is 25.3. The number of hydrogen-bond acceptors (Lipinski definition) is 16. The van der Waals surface area contributed by atoms with Crippen LogP contribution in [0.5, 0.6) is 0 Å². The largest absolute Gasteiger partial charge is 0.473 e. The molecule has 29 heteroatoms. The van der Waals surface area contributed by atoms with E-state index in [4.69, 9.17) is 55.0 Å². The SMILES string of the molecule is CC(C)Cc1cc(-c2ccc(Cn3ccnc3)cc2)c(S(N)(=O)=O)s1.CC(C)Cc1cc(-c2ccc(Cn3ccnc3)cc2)c(S(N)(=O)=O)s1.CC(C)Cc1cc(-c2ccc(Cn3ccnc3)cc2)c(S(N)(=O)=O)s1.O=C(O)C(=O)O.O=C(O)C(=O)O. The lowest BCUT2D eigenvalue weighted by molar-refractivity contribution is -0.159. The van der Waals surface area contributed by atoms with E-state index in [0.717, 1.165) is 86.9 Å². The van der Waals surface area contributed by atoms with Gasteiger partial charge in [-0.05, 0) is 88.6 Å². The van der Waals surface area contributed by atoms with E-state index in [-0.39, 0.29) is 12.6 Å². The highest BCUT2D eigenvalue weighted by molar-refractivity contribution is 7.92. The third kappa shape index (κ3) is 22.7. The molecule has 6 heterocycles. The smallest absolute Gasteiger partial charge is 0.414 e. The Morgan fingerprint density at radius 2 is 0.632 bits per heavy atom. The van der Waals surface area contributed by atoms with Crippen LogP contribution in [0.4, 0.5) is 0 Å². The van der Waals surface area contributed by atoms with Crippen LogP contribution in [0.15, 0.2) is 160 Å². The molecule has 3 aromatic carbocycles. The second-order valence-corrected chi connectivity index (χ2v) is 29.4. The second kappa shape index (κ2) is 31.6. The van der Waals surface area contributed by atoms with Crippen molar-refractivity contribution in [3.63, 3.8) is 0 Å². The summed E-state index contributed by atoms with van der Waals surface area (Å²) in [4.78, 5) is 51.6. The van der Waals surface area contributed by atoms with E-state index in [1.54, 1.807) is 37.6 Å². The van der Waals surface area contributed by atoms with Gasteiger partial charge in [0.2, 0.25) is 30.1 Å². The van der Waals surface area contributed by atoms with E-state index in [1.807, 2.05) is 123 Å². The van der Waals surface area contributed by atoms with Gasteiger partial charge in [-0.2, -0.15) is 0 Å². The number of hydrogen-bond donors (Lipinski definition) is 7. The summed E-state index contributed by atoms with van der Waals surface area (Å²) in [6, 6.07) is 29.6. The minimum absolute atomic E-state index is 0.241. The van der Waals surface area contributed by atoms with Gasteiger partial charge in [0.25, 0.3) is 0 Å². The quantitative estimate of drug-likeness (QED) is 0.0394. The van der Waals surface area contributed by atoms with Crippen LogP contribution >= 0.6 is 34.0 Å². The third-order valence-electron chi connectivity index (χ3n) is 11.8. The van der Waals surface area contributed by atoms with Crippen molar-refractivity contribution in [1.29, 1.82) is 0 Å². The zero-order valence-electron chi connectivity index (χ0n) is 48.1. The van der Waals surface area contributed by atoms with Gasteiger partial charge >= 0.3 is 23.9 Å². The van der Waals surface area contributed by atoms with Crippen LogP contribution in [0, 0.1) is 17.8 Å². The Hall–Kier alpha value is -8.00. The first-order chi connectivity index (χ1) is 40.8. The van der Waals surface area contributed by atoms with Crippen molar-refractivity contribution in [3.05, 3.63) is 178 Å². The van der Waals surface area contributed by atoms with Crippen LogP contribution in [0.3, 0.4) is 0 Å². The molecule has 10 N–H and O–H groups in total. The maximum Gasteiger partial charge on any atom is 0.414 e. The van der Waals surface area contributed by atoms with E-state index in [1.165, 1.54) is 34.0 Å². The van der Waals surface area contributed by atoms with E-state index >= 15 is 0 Å². The summed E-state index contributed by atoms with van der Waals surface area (Å²) in [7, 11) is -11.2. The standard InChI is InChI=1S/3C18H21N3O2S2.2C2H2O4/c3*1-13(2)9-16-10-17(18(24-16)25(19,22)23)15-5-3-14(4-6-15)11-21-8-7-20-12-21;2*3-1(4)2(5)6/h3*3-8,10,12-13H,9,11H2,1-2H3,(H2,19,22,23);2*(H,3,4)(H,5,6). The lowest BCUT2D eigenvalue weighted by Gasteiger charge is -2.06. The second-order valence-electron chi connectivity index (χ2n) is 20.7. The first kappa shape index (κ1) is 69.8. The average Bonchev–Trinajstić information content (AvgIpc) is 2.03. The zero-order chi connectivity index (χ0) is 64.4. The van der Waals surface area contributed by atoms with Crippen molar-refractivity contribution in [2.45, 2.75) is 93.1 Å². The summed E-state index contributed by atoms with van der Waals surface area (Å²) in [5.41, 5.74) is 8.04. The highest BCUT2D eigenvalue weighted by atomic mass is 32.3. The molecule has 0 fully saturated rings. The molecule has 23 nitrogen and oxygen atoms in total. The minimum Gasteiger partial charge on any atom is -0.473 e. The van der Waals surface area contributed by atoms with Crippen molar-refractivity contribution in [2.75, 3.05) is 0 Å². The van der Waals surface area contributed by atoms with Gasteiger partial charge in [-0.25, -0.2) is 74.8 Å². The number of nitrogens with two attached hydrogens (primary N) is 3. The number of thiophene rings is 3. The van der Waals surface area contributed by atoms with Gasteiger partial charge in [-0.1, -0.05) is 114 Å². The number of primary sulfonamides is 3. The maximum absolute atomic E-state index is 12.0. The summed E-state index contributed by atoms with van der Waals surface area (Å²) in [5.74, 6) is -5.93. The predicted molar refractivity (Wildman–Crippen MR) is 334 cm³/mol. The molecule has 0 atom stereocenters. The number of imidazole rings is 3. The lowest BCUT2D eigenvalue weighted by atomic mass is 10.0. The zero-order valence-corrected chi connectivity index (χ0v) is 53.0. The van der Waals surface area contributed by atoms with Crippen LogP contribution in [-0.2, 0) is 88.1 Å². The molecule has 9 rings (SSSR count). The molecule has 0 aliphatic rings. The molecular weight excluding hydrogens is 1240 g/mol. The fourth-order valence-electron chi connectivity index (χ4n) is 8.16. The molecule has 0 aliphatic carbocycles. The van der Waals surface area contributed by atoms with Gasteiger partial charge < -0.3 is 34.1 Å². The number of nitrogens with zero attached hydrogens (tertiary/aromatic N) is 6. The maximum atomic E-state index is 12.0. The third-order valence-corrected chi connectivity index (χ3v) is 19.7. The van der Waals surface area contributed by atoms with Gasteiger partial charge in [0.15, 0.2) is 0 Å². The Morgan fingerprint density at radius 3 is 0.793 bits per heavy atom. The molecular formula is C58H67N9O14S6. The van der Waals surface area contributed by atoms with Gasteiger partial charge in [0.1, 0.15) is 12.6 Å². The van der Waals surface area contributed by atoms with Gasteiger partial charge in [0.05, 0.1) is 19.0 Å². The van der Waals surface area contributed by atoms with Crippen LogP contribution in [-0.4, -0.2) is 98.2 Å². The summed E-state index contributed by atoms with van der Waals surface area (Å²) >= 11 is 3.82. The molecule has 464 valence electrons. The Morgan fingerprint density at radius 1 is 0.414 bits per heavy atom. The number of benzene rings is 3. The molecule has 6 aromatic heterocycles. The molecule has 0 amide bonds. The van der Waals surface area contributed by atoms with Crippen molar-refractivity contribution < 1.29 is 64.9 Å². The van der Waals surface area contributed by atoms with Crippen LogP contribution in [0.2, 0.25) is 0 Å². The van der Waals surface area contributed by atoms with E-state index < -0.39 is 53.9 Å². The molecule has 0 radical (unpaired) electrons. The first-order valence-electron chi connectivity index (χ1n) is 26.3.